The molecule has 0 aliphatic heterocycles. The molecule has 1 aliphatic carbocycles. The predicted octanol–water partition coefficient (Wildman–Crippen LogP) is 3.27. The highest BCUT2D eigenvalue weighted by Crippen LogP contribution is 2.38. The summed E-state index contributed by atoms with van der Waals surface area (Å²) in [5, 5.41) is 0. The molecule has 192 valence electrons. The Kier molecular flexibility index (Phi) is 8.56. The fraction of sp³-hybridized carbons (Fsp3) is 0.538. The summed E-state index contributed by atoms with van der Waals surface area (Å²) in [6, 6.07) is 10.4. The van der Waals surface area contributed by atoms with Gasteiger partial charge < -0.3 is 14.7 Å². The van der Waals surface area contributed by atoms with E-state index in [0.717, 1.165) is 24.1 Å². The number of benzene rings is 1. The van der Waals surface area contributed by atoms with Crippen molar-refractivity contribution in [2.75, 3.05) is 45.7 Å². The number of carbonyl (C=O) groups is 1. The van der Waals surface area contributed by atoms with Gasteiger partial charge >= 0.3 is 0 Å². The Bertz CT molecular complexity index is 1120. The van der Waals surface area contributed by atoms with Gasteiger partial charge in [-0.3, -0.25) is 4.79 Å². The minimum Gasteiger partial charge on any atom is -0.357 e. The normalized spacial score (nSPS) is 15.1. The van der Waals surface area contributed by atoms with Crippen molar-refractivity contribution in [2.24, 2.45) is 0 Å². The van der Waals surface area contributed by atoms with Crippen LogP contribution in [0, 0.1) is 6.92 Å². The third-order valence-corrected chi connectivity index (χ3v) is 8.53. The summed E-state index contributed by atoms with van der Waals surface area (Å²) in [6.45, 7) is 7.89. The molecule has 1 saturated carbocycles. The molecule has 1 amide bonds. The molecular weight excluding hydrogens is 462 g/mol. The van der Waals surface area contributed by atoms with E-state index in [2.05, 4.69) is 28.7 Å². The molecule has 1 heterocycles. The summed E-state index contributed by atoms with van der Waals surface area (Å²) in [5.74, 6) is 0.438. The van der Waals surface area contributed by atoms with Crippen molar-refractivity contribution in [3.8, 4) is 0 Å². The monoisotopic (exact) mass is 501 g/mol. The Morgan fingerprint density at radius 2 is 1.66 bits per heavy atom. The minimum absolute atomic E-state index is 0.0255. The molecule has 0 saturated heterocycles. The second-order valence-electron chi connectivity index (χ2n) is 9.60. The van der Waals surface area contributed by atoms with Crippen molar-refractivity contribution in [3.63, 3.8) is 0 Å². The van der Waals surface area contributed by atoms with Gasteiger partial charge in [0.2, 0.25) is 10.0 Å². The van der Waals surface area contributed by atoms with Gasteiger partial charge in [0.05, 0.1) is 0 Å². The van der Waals surface area contributed by atoms with Crippen LogP contribution in [-0.2, 0) is 16.6 Å². The lowest BCUT2D eigenvalue weighted by Gasteiger charge is -2.49. The number of pyridine rings is 1. The zero-order valence-corrected chi connectivity index (χ0v) is 22.7. The van der Waals surface area contributed by atoms with Gasteiger partial charge in [-0.15, -0.1) is 0 Å². The second-order valence-corrected chi connectivity index (χ2v) is 11.3. The molecule has 1 aromatic carbocycles. The van der Waals surface area contributed by atoms with E-state index in [1.165, 1.54) is 6.42 Å². The molecule has 8 nitrogen and oxygen atoms in total. The Hall–Kier alpha value is -2.49. The first-order chi connectivity index (χ1) is 16.5. The van der Waals surface area contributed by atoms with Crippen LogP contribution in [0.1, 0.15) is 54.7 Å². The second kappa shape index (κ2) is 11.1. The number of aromatic nitrogens is 1. The van der Waals surface area contributed by atoms with Crippen molar-refractivity contribution in [2.45, 2.75) is 57.0 Å². The number of carbonyl (C=O) groups excluding carboxylic acids is 1. The molecule has 2 aromatic rings. The van der Waals surface area contributed by atoms with E-state index in [9.17, 15) is 13.2 Å². The number of rotatable bonds is 11. The van der Waals surface area contributed by atoms with Crippen molar-refractivity contribution < 1.29 is 13.2 Å². The number of aryl methyl sites for hydroxylation is 1. The largest absolute Gasteiger partial charge is 0.357 e. The number of likely N-dealkylation sites (N-methyl/N-ethyl adjacent to an activating group) is 2. The van der Waals surface area contributed by atoms with Gasteiger partial charge in [0.15, 0.2) is 0 Å². The van der Waals surface area contributed by atoms with Crippen LogP contribution in [0.3, 0.4) is 0 Å². The van der Waals surface area contributed by atoms with Gasteiger partial charge in [-0.05, 0) is 84.0 Å². The van der Waals surface area contributed by atoms with Crippen molar-refractivity contribution in [3.05, 3.63) is 53.2 Å². The maximum atomic E-state index is 13.3. The molecule has 0 bridgehead atoms. The number of amides is 1. The molecule has 35 heavy (non-hydrogen) atoms. The summed E-state index contributed by atoms with van der Waals surface area (Å²) in [6.07, 6.45) is 3.35. The first-order valence-electron chi connectivity index (χ1n) is 12.3. The number of hydrogen-bond donors (Lipinski definition) is 1. The minimum atomic E-state index is -3.81. The zero-order chi connectivity index (χ0) is 25.8. The highest BCUT2D eigenvalue weighted by Gasteiger charge is 2.40. The average molecular weight is 502 g/mol. The summed E-state index contributed by atoms with van der Waals surface area (Å²) < 4.78 is 29.4. The van der Waals surface area contributed by atoms with E-state index in [0.29, 0.717) is 31.0 Å². The predicted molar refractivity (Wildman–Crippen MR) is 140 cm³/mol. The van der Waals surface area contributed by atoms with Crippen LogP contribution in [0.4, 0.5) is 5.82 Å². The van der Waals surface area contributed by atoms with Gasteiger partial charge in [0.1, 0.15) is 10.7 Å². The fourth-order valence-corrected chi connectivity index (χ4v) is 5.78. The SMILES string of the molecule is CCN(CC)C(=O)c1ccc(CNS(=O)(=O)c2ccc(C)nc2N(C)CC2(N(C)C)CCC2)cc1. The van der Waals surface area contributed by atoms with Crippen molar-refractivity contribution >= 4 is 21.7 Å². The maximum absolute atomic E-state index is 13.3. The molecule has 1 fully saturated rings. The maximum Gasteiger partial charge on any atom is 0.253 e. The van der Waals surface area contributed by atoms with Gasteiger partial charge in [-0.1, -0.05) is 12.1 Å². The number of anilines is 1. The van der Waals surface area contributed by atoms with Crippen LogP contribution >= 0.6 is 0 Å². The quantitative estimate of drug-likeness (QED) is 0.509. The zero-order valence-electron chi connectivity index (χ0n) is 21.8. The van der Waals surface area contributed by atoms with E-state index >= 15 is 0 Å². The standard InChI is InChI=1S/C26H39N5O3S/c1-7-31(8-2)25(32)22-13-11-21(12-14-22)18-27-35(33,34)23-15-10-20(3)28-24(23)30(6)19-26(29(4)5)16-9-17-26/h10-15,27H,7-9,16-19H2,1-6H3. The molecule has 9 heteroatoms. The first kappa shape index (κ1) is 27.1. The Balaban J connectivity index is 1.76. The van der Waals surface area contributed by atoms with Crippen LogP contribution in [-0.4, -0.2) is 75.4 Å². The molecule has 0 atom stereocenters. The Labute approximate surface area is 210 Å². The number of nitrogens with zero attached hydrogens (tertiary/aromatic N) is 4. The highest BCUT2D eigenvalue weighted by atomic mass is 32.2. The lowest BCUT2D eigenvalue weighted by atomic mass is 9.75. The molecule has 0 unspecified atom stereocenters. The average Bonchev–Trinajstić information content (AvgIpc) is 2.80. The summed E-state index contributed by atoms with van der Waals surface area (Å²) >= 11 is 0. The van der Waals surface area contributed by atoms with Crippen molar-refractivity contribution in [1.82, 2.24) is 19.5 Å². The van der Waals surface area contributed by atoms with Crippen molar-refractivity contribution in [1.29, 1.82) is 0 Å². The van der Waals surface area contributed by atoms with E-state index in [1.54, 1.807) is 41.3 Å². The lowest BCUT2D eigenvalue weighted by molar-refractivity contribution is 0.0680. The van der Waals surface area contributed by atoms with Crippen LogP contribution < -0.4 is 9.62 Å². The van der Waals surface area contributed by atoms with Crippen LogP contribution in [0.25, 0.3) is 0 Å². The molecule has 1 N–H and O–H groups in total. The van der Waals surface area contributed by atoms with E-state index in [4.69, 9.17) is 0 Å². The van der Waals surface area contributed by atoms with E-state index in [-0.39, 0.29) is 22.9 Å². The van der Waals surface area contributed by atoms with Gasteiger partial charge in [-0.2, -0.15) is 0 Å². The van der Waals surface area contributed by atoms with Gasteiger partial charge in [-0.25, -0.2) is 18.1 Å². The van der Waals surface area contributed by atoms with Crippen LogP contribution in [0.2, 0.25) is 0 Å². The van der Waals surface area contributed by atoms with Crippen LogP contribution in [0.5, 0.6) is 0 Å². The first-order valence-corrected chi connectivity index (χ1v) is 13.8. The summed E-state index contributed by atoms with van der Waals surface area (Å²) in [5.41, 5.74) is 2.18. The van der Waals surface area contributed by atoms with E-state index in [1.807, 2.05) is 32.7 Å². The third kappa shape index (κ3) is 6.02. The highest BCUT2D eigenvalue weighted by molar-refractivity contribution is 7.89. The molecule has 1 aliphatic rings. The molecule has 0 spiro atoms. The van der Waals surface area contributed by atoms with E-state index < -0.39 is 10.0 Å². The Morgan fingerprint density at radius 3 is 2.17 bits per heavy atom. The molecule has 1 aromatic heterocycles. The van der Waals surface area contributed by atoms with Gasteiger partial charge in [0, 0.05) is 50.0 Å². The fourth-order valence-electron chi connectivity index (χ4n) is 4.58. The number of hydrogen-bond acceptors (Lipinski definition) is 6. The number of nitrogens with one attached hydrogen (secondary N) is 1. The topological polar surface area (TPSA) is 85.8 Å². The Morgan fingerprint density at radius 1 is 1.03 bits per heavy atom. The molecule has 0 radical (unpaired) electrons. The molecular formula is C26H39N5O3S. The lowest BCUT2D eigenvalue weighted by Crippen LogP contribution is -2.57. The third-order valence-electron chi connectivity index (χ3n) is 7.11. The summed E-state index contributed by atoms with van der Waals surface area (Å²) in [4.78, 5) is 23.3. The smallest absolute Gasteiger partial charge is 0.253 e. The molecule has 3 rings (SSSR count). The van der Waals surface area contributed by atoms with Crippen LogP contribution in [0.15, 0.2) is 41.3 Å². The summed E-state index contributed by atoms with van der Waals surface area (Å²) in [7, 11) is 2.27. The number of sulfonamides is 1. The van der Waals surface area contributed by atoms with Gasteiger partial charge in [0.25, 0.3) is 5.91 Å².